The molecule has 1 fully saturated rings. The van der Waals surface area contributed by atoms with Gasteiger partial charge in [0, 0.05) is 31.6 Å². The van der Waals surface area contributed by atoms with Crippen LogP contribution in [0.2, 0.25) is 5.02 Å². The Hall–Kier alpha value is -1.55. The second-order valence-corrected chi connectivity index (χ2v) is 4.84. The van der Waals surface area contributed by atoms with E-state index in [-0.39, 0.29) is 17.7 Å². The van der Waals surface area contributed by atoms with Crippen LogP contribution in [0.3, 0.4) is 0 Å². The summed E-state index contributed by atoms with van der Waals surface area (Å²) in [5.41, 5.74) is 0.898. The second kappa shape index (κ2) is 5.40. The largest absolute Gasteiger partial charge is 0.352 e. The van der Waals surface area contributed by atoms with Crippen molar-refractivity contribution in [3.63, 3.8) is 0 Å². The van der Waals surface area contributed by atoms with E-state index in [0.717, 1.165) is 5.56 Å². The lowest BCUT2D eigenvalue weighted by Gasteiger charge is -2.37. The molecule has 1 heterocycles. The molecule has 1 aromatic carbocycles. The lowest BCUT2D eigenvalue weighted by atomic mass is 9.99. The van der Waals surface area contributed by atoms with E-state index in [4.69, 9.17) is 11.6 Å². The van der Waals surface area contributed by atoms with Crippen LogP contribution in [0.25, 0.3) is 0 Å². The van der Waals surface area contributed by atoms with Gasteiger partial charge in [-0.2, -0.15) is 0 Å². The first-order valence-corrected chi connectivity index (χ1v) is 6.22. The molecule has 5 heteroatoms. The standard InChI is InChI=1S/C13H15ClN2O2/c1-9(17)16-7-11(8-16)13(18)15-6-10-4-2-3-5-12(10)14/h2-5,11H,6-8H2,1H3,(H,15,18). The highest BCUT2D eigenvalue weighted by atomic mass is 35.5. The number of carbonyl (C=O) groups is 2. The van der Waals surface area contributed by atoms with Crippen molar-refractivity contribution in [3.05, 3.63) is 34.9 Å². The topological polar surface area (TPSA) is 49.4 Å². The molecule has 2 rings (SSSR count). The second-order valence-electron chi connectivity index (χ2n) is 4.43. The maximum Gasteiger partial charge on any atom is 0.226 e. The molecule has 0 aliphatic carbocycles. The van der Waals surface area contributed by atoms with Gasteiger partial charge in [-0.05, 0) is 11.6 Å². The first-order valence-electron chi connectivity index (χ1n) is 5.84. The van der Waals surface area contributed by atoms with Crippen molar-refractivity contribution in [2.45, 2.75) is 13.5 Å². The Labute approximate surface area is 111 Å². The normalized spacial score (nSPS) is 15.1. The molecule has 0 unspecified atom stereocenters. The van der Waals surface area contributed by atoms with E-state index in [1.54, 1.807) is 11.0 Å². The maximum atomic E-state index is 11.8. The summed E-state index contributed by atoms with van der Waals surface area (Å²) >= 11 is 6.00. The number of nitrogens with one attached hydrogen (secondary N) is 1. The molecule has 18 heavy (non-hydrogen) atoms. The molecule has 0 atom stereocenters. The lowest BCUT2D eigenvalue weighted by molar-refractivity contribution is -0.141. The van der Waals surface area contributed by atoms with E-state index in [0.29, 0.717) is 24.7 Å². The Morgan fingerprint density at radius 3 is 2.67 bits per heavy atom. The van der Waals surface area contributed by atoms with Crippen molar-refractivity contribution in [2.75, 3.05) is 13.1 Å². The molecule has 0 aromatic heterocycles. The summed E-state index contributed by atoms with van der Waals surface area (Å²) in [6.07, 6.45) is 0. The first-order chi connectivity index (χ1) is 8.58. The number of nitrogens with zero attached hydrogens (tertiary/aromatic N) is 1. The maximum absolute atomic E-state index is 11.8. The minimum atomic E-state index is -0.0867. The fourth-order valence-electron chi connectivity index (χ4n) is 1.87. The van der Waals surface area contributed by atoms with E-state index >= 15 is 0 Å². The van der Waals surface area contributed by atoms with Crippen molar-refractivity contribution in [3.8, 4) is 0 Å². The Balaban J connectivity index is 1.80. The summed E-state index contributed by atoms with van der Waals surface area (Å²) in [7, 11) is 0. The van der Waals surface area contributed by atoms with Crippen molar-refractivity contribution >= 4 is 23.4 Å². The molecule has 0 saturated carbocycles. The first kappa shape index (κ1) is 12.9. The van der Waals surface area contributed by atoms with Crippen molar-refractivity contribution in [1.29, 1.82) is 0 Å². The third-order valence-corrected chi connectivity index (χ3v) is 3.48. The van der Waals surface area contributed by atoms with Crippen LogP contribution in [0.5, 0.6) is 0 Å². The minimum Gasteiger partial charge on any atom is -0.352 e. The van der Waals surface area contributed by atoms with Crippen molar-refractivity contribution < 1.29 is 9.59 Å². The number of rotatable bonds is 3. The summed E-state index contributed by atoms with van der Waals surface area (Å²) < 4.78 is 0. The van der Waals surface area contributed by atoms with Gasteiger partial charge < -0.3 is 10.2 Å². The third kappa shape index (κ3) is 2.82. The average molecular weight is 267 g/mol. The Morgan fingerprint density at radius 2 is 2.06 bits per heavy atom. The molecular formula is C13H15ClN2O2. The van der Waals surface area contributed by atoms with Gasteiger partial charge in [-0.3, -0.25) is 9.59 Å². The van der Waals surface area contributed by atoms with Crippen LogP contribution < -0.4 is 5.32 Å². The SMILES string of the molecule is CC(=O)N1CC(C(=O)NCc2ccccc2Cl)C1. The summed E-state index contributed by atoms with van der Waals surface area (Å²) in [5, 5.41) is 3.49. The van der Waals surface area contributed by atoms with Gasteiger partial charge in [0.2, 0.25) is 11.8 Å². The Kier molecular flexibility index (Phi) is 3.87. The molecule has 0 bridgehead atoms. The lowest BCUT2D eigenvalue weighted by Crippen LogP contribution is -2.55. The van der Waals surface area contributed by atoms with E-state index in [1.807, 2.05) is 18.2 Å². The van der Waals surface area contributed by atoms with E-state index in [9.17, 15) is 9.59 Å². The summed E-state index contributed by atoms with van der Waals surface area (Å²) in [4.78, 5) is 24.4. The van der Waals surface area contributed by atoms with Gasteiger partial charge in [0.15, 0.2) is 0 Å². The van der Waals surface area contributed by atoms with Gasteiger partial charge in [-0.25, -0.2) is 0 Å². The quantitative estimate of drug-likeness (QED) is 0.900. The van der Waals surface area contributed by atoms with Crippen LogP contribution in [-0.4, -0.2) is 29.8 Å². The molecule has 2 amide bonds. The fraction of sp³-hybridized carbons (Fsp3) is 0.385. The summed E-state index contributed by atoms with van der Waals surface area (Å²) in [6, 6.07) is 7.41. The fourth-order valence-corrected chi connectivity index (χ4v) is 2.07. The molecule has 1 aliphatic heterocycles. The van der Waals surface area contributed by atoms with E-state index < -0.39 is 0 Å². The molecule has 0 radical (unpaired) electrons. The van der Waals surface area contributed by atoms with Crippen LogP contribution in [0.1, 0.15) is 12.5 Å². The molecule has 1 aromatic rings. The predicted molar refractivity (Wildman–Crippen MR) is 69.0 cm³/mol. The molecule has 1 saturated heterocycles. The van der Waals surface area contributed by atoms with Crippen molar-refractivity contribution in [2.24, 2.45) is 5.92 Å². The third-order valence-electron chi connectivity index (χ3n) is 3.11. The Bertz CT molecular complexity index is 470. The monoisotopic (exact) mass is 266 g/mol. The van der Waals surface area contributed by atoms with Gasteiger partial charge in [-0.15, -0.1) is 0 Å². The van der Waals surface area contributed by atoms with Gasteiger partial charge in [-0.1, -0.05) is 29.8 Å². The Morgan fingerprint density at radius 1 is 1.39 bits per heavy atom. The van der Waals surface area contributed by atoms with Gasteiger partial charge in [0.25, 0.3) is 0 Å². The molecule has 1 N–H and O–H groups in total. The molecule has 1 aliphatic rings. The zero-order valence-corrected chi connectivity index (χ0v) is 10.9. The average Bonchev–Trinajstić information content (AvgIpc) is 2.25. The van der Waals surface area contributed by atoms with Crippen LogP contribution in [0.4, 0.5) is 0 Å². The minimum absolute atomic E-state index is 0.0187. The highest BCUT2D eigenvalue weighted by Crippen LogP contribution is 2.17. The number of halogens is 1. The number of benzene rings is 1. The van der Waals surface area contributed by atoms with Gasteiger partial charge in [0.1, 0.15) is 0 Å². The molecule has 4 nitrogen and oxygen atoms in total. The summed E-state index contributed by atoms with van der Waals surface area (Å²) in [5.74, 6) is -0.0889. The van der Waals surface area contributed by atoms with Crippen LogP contribution in [0, 0.1) is 5.92 Å². The van der Waals surface area contributed by atoms with Crippen LogP contribution in [0.15, 0.2) is 24.3 Å². The van der Waals surface area contributed by atoms with Crippen LogP contribution >= 0.6 is 11.6 Å². The number of amides is 2. The van der Waals surface area contributed by atoms with E-state index in [1.165, 1.54) is 6.92 Å². The number of hydrogen-bond acceptors (Lipinski definition) is 2. The highest BCUT2D eigenvalue weighted by Gasteiger charge is 2.33. The number of carbonyl (C=O) groups excluding carboxylic acids is 2. The van der Waals surface area contributed by atoms with Crippen LogP contribution in [-0.2, 0) is 16.1 Å². The zero-order chi connectivity index (χ0) is 13.1. The smallest absolute Gasteiger partial charge is 0.226 e. The van der Waals surface area contributed by atoms with Crippen molar-refractivity contribution in [1.82, 2.24) is 10.2 Å². The molecule has 96 valence electrons. The van der Waals surface area contributed by atoms with Gasteiger partial charge >= 0.3 is 0 Å². The summed E-state index contributed by atoms with van der Waals surface area (Å²) in [6.45, 7) is 2.97. The highest BCUT2D eigenvalue weighted by molar-refractivity contribution is 6.31. The zero-order valence-electron chi connectivity index (χ0n) is 10.1. The van der Waals surface area contributed by atoms with Gasteiger partial charge in [0.05, 0.1) is 5.92 Å². The molecular weight excluding hydrogens is 252 g/mol. The number of likely N-dealkylation sites (tertiary alicyclic amines) is 1. The van der Waals surface area contributed by atoms with E-state index in [2.05, 4.69) is 5.32 Å². The molecule has 0 spiro atoms. The number of hydrogen-bond donors (Lipinski definition) is 1. The predicted octanol–water partition coefficient (Wildman–Crippen LogP) is 1.43.